The maximum absolute atomic E-state index is 5.46. The molecule has 0 aliphatic carbocycles. The number of nitrogens with two attached hydrogens (primary N) is 1. The molecule has 0 radical (unpaired) electrons. The second kappa shape index (κ2) is 3.00. The summed E-state index contributed by atoms with van der Waals surface area (Å²) < 4.78 is 5.06. The van der Waals surface area contributed by atoms with Gasteiger partial charge in [-0.15, -0.1) is 0 Å². The highest BCUT2D eigenvalue weighted by Crippen LogP contribution is 2.13. The van der Waals surface area contributed by atoms with Gasteiger partial charge in [0.2, 0.25) is 5.88 Å². The van der Waals surface area contributed by atoms with E-state index >= 15 is 0 Å². The maximum atomic E-state index is 5.46. The highest BCUT2D eigenvalue weighted by Gasteiger charge is 1.97. The molecule has 1 aromatic rings. The Kier molecular flexibility index (Phi) is 2.04. The van der Waals surface area contributed by atoms with Crippen LogP contribution in [0, 0.1) is 0 Å². The van der Waals surface area contributed by atoms with E-state index in [9.17, 15) is 0 Å². The fourth-order valence-electron chi connectivity index (χ4n) is 0.586. The number of hydrogen-bond donors (Lipinski definition) is 1. The number of nitrogen functional groups attached to an aromatic ring is 1. The van der Waals surface area contributed by atoms with Gasteiger partial charge < -0.3 is 10.5 Å². The van der Waals surface area contributed by atoms with E-state index in [4.69, 9.17) is 10.5 Å². The van der Waals surface area contributed by atoms with Crippen molar-refractivity contribution in [1.29, 1.82) is 0 Å². The smallest absolute Gasteiger partial charge is 0.240 e. The predicted molar refractivity (Wildman–Crippen MR) is 37.6 cm³/mol. The molecule has 10 heavy (non-hydrogen) atoms. The molecule has 2 N–H and O–H groups in total. The summed E-state index contributed by atoms with van der Waals surface area (Å²) in [5.41, 5.74) is 5.93. The zero-order valence-electron chi connectivity index (χ0n) is 5.74. The summed E-state index contributed by atoms with van der Waals surface area (Å²) >= 11 is 0. The van der Waals surface area contributed by atoms with Crippen LogP contribution in [0.2, 0.25) is 0 Å². The number of nitrogens with zero attached hydrogens (tertiary/aromatic N) is 2. The van der Waals surface area contributed by atoms with Gasteiger partial charge in [0.05, 0.1) is 12.8 Å². The van der Waals surface area contributed by atoms with Crippen LogP contribution in [0.25, 0.3) is 0 Å². The minimum absolute atomic E-state index is 0.456. The highest BCUT2D eigenvalue weighted by molar-refractivity contribution is 5.44. The van der Waals surface area contributed by atoms with Crippen molar-refractivity contribution in [1.82, 2.24) is 9.97 Å². The van der Waals surface area contributed by atoms with Crippen molar-refractivity contribution in [2.45, 2.75) is 6.92 Å². The molecule has 54 valence electrons. The van der Waals surface area contributed by atoms with Crippen molar-refractivity contribution in [2.24, 2.45) is 0 Å². The zero-order chi connectivity index (χ0) is 7.40. The van der Waals surface area contributed by atoms with Gasteiger partial charge >= 0.3 is 0 Å². The molecule has 4 nitrogen and oxygen atoms in total. The Balaban J connectivity index is 2.81. The topological polar surface area (TPSA) is 61.0 Å². The standard InChI is InChI=1S/C6H9N3O/c1-2-10-6-5(7)3-8-4-9-6/h3-4H,2,7H2,1H3. The second-order valence-corrected chi connectivity index (χ2v) is 1.72. The van der Waals surface area contributed by atoms with Gasteiger partial charge in [-0.1, -0.05) is 0 Å². The molecule has 0 saturated carbocycles. The van der Waals surface area contributed by atoms with Crippen molar-refractivity contribution in [3.8, 4) is 5.88 Å². The van der Waals surface area contributed by atoms with Gasteiger partial charge in [-0.3, -0.25) is 0 Å². The summed E-state index contributed by atoms with van der Waals surface area (Å²) in [6.07, 6.45) is 2.92. The summed E-state index contributed by atoms with van der Waals surface area (Å²) in [6.45, 7) is 2.45. The fraction of sp³-hybridized carbons (Fsp3) is 0.333. The molecule has 0 atom stereocenters. The van der Waals surface area contributed by atoms with E-state index in [0.29, 0.717) is 18.2 Å². The average molecular weight is 139 g/mol. The number of aromatic nitrogens is 2. The minimum Gasteiger partial charge on any atom is -0.476 e. The predicted octanol–water partition coefficient (Wildman–Crippen LogP) is 0.458. The van der Waals surface area contributed by atoms with Crippen LogP contribution in [0.4, 0.5) is 5.69 Å². The van der Waals surface area contributed by atoms with Crippen molar-refractivity contribution >= 4 is 5.69 Å². The van der Waals surface area contributed by atoms with E-state index in [-0.39, 0.29) is 0 Å². The summed E-state index contributed by atoms with van der Waals surface area (Å²) in [5.74, 6) is 0.456. The van der Waals surface area contributed by atoms with Crippen molar-refractivity contribution in [3.05, 3.63) is 12.5 Å². The van der Waals surface area contributed by atoms with Gasteiger partial charge in [0.15, 0.2) is 0 Å². The lowest BCUT2D eigenvalue weighted by Gasteiger charge is -2.01. The zero-order valence-corrected chi connectivity index (χ0v) is 5.74. The fourth-order valence-corrected chi connectivity index (χ4v) is 0.586. The minimum atomic E-state index is 0.456. The number of hydrogen-bond acceptors (Lipinski definition) is 4. The summed E-state index contributed by atoms with van der Waals surface area (Å²) in [6, 6.07) is 0. The summed E-state index contributed by atoms with van der Waals surface area (Å²) in [4.78, 5) is 7.52. The van der Waals surface area contributed by atoms with Crippen molar-refractivity contribution in [3.63, 3.8) is 0 Å². The van der Waals surface area contributed by atoms with Gasteiger partial charge in [0.25, 0.3) is 0 Å². The first-order valence-corrected chi connectivity index (χ1v) is 3.03. The van der Waals surface area contributed by atoms with Crippen LogP contribution in [-0.4, -0.2) is 16.6 Å². The summed E-state index contributed by atoms with van der Waals surface area (Å²) in [5, 5.41) is 0. The van der Waals surface area contributed by atoms with Crippen molar-refractivity contribution in [2.75, 3.05) is 12.3 Å². The first-order chi connectivity index (χ1) is 4.84. The van der Waals surface area contributed by atoms with Crippen LogP contribution in [0.5, 0.6) is 5.88 Å². The molecule has 0 bridgehead atoms. The Morgan fingerprint density at radius 2 is 2.50 bits per heavy atom. The van der Waals surface area contributed by atoms with E-state index in [2.05, 4.69) is 9.97 Å². The van der Waals surface area contributed by atoms with Crippen LogP contribution in [0.1, 0.15) is 6.92 Å². The van der Waals surface area contributed by atoms with Crippen LogP contribution in [-0.2, 0) is 0 Å². The SMILES string of the molecule is CCOc1ncncc1N. The molecule has 1 rings (SSSR count). The molecule has 0 aliphatic rings. The molecular weight excluding hydrogens is 130 g/mol. The molecule has 0 amide bonds. The molecule has 0 fully saturated rings. The maximum Gasteiger partial charge on any atom is 0.240 e. The Hall–Kier alpha value is -1.32. The Morgan fingerprint density at radius 1 is 1.70 bits per heavy atom. The molecule has 0 unspecified atom stereocenters. The largest absolute Gasteiger partial charge is 0.476 e. The van der Waals surface area contributed by atoms with Gasteiger partial charge in [0.1, 0.15) is 12.0 Å². The molecule has 1 heterocycles. The van der Waals surface area contributed by atoms with E-state index in [1.54, 1.807) is 0 Å². The Labute approximate surface area is 59.1 Å². The van der Waals surface area contributed by atoms with E-state index in [1.165, 1.54) is 12.5 Å². The van der Waals surface area contributed by atoms with Gasteiger partial charge in [-0.05, 0) is 6.92 Å². The first-order valence-electron chi connectivity index (χ1n) is 3.03. The van der Waals surface area contributed by atoms with E-state index in [1.807, 2.05) is 6.92 Å². The molecular formula is C6H9N3O. The number of rotatable bonds is 2. The van der Waals surface area contributed by atoms with Crippen molar-refractivity contribution < 1.29 is 4.74 Å². The van der Waals surface area contributed by atoms with E-state index < -0.39 is 0 Å². The lowest BCUT2D eigenvalue weighted by molar-refractivity contribution is 0.328. The highest BCUT2D eigenvalue weighted by atomic mass is 16.5. The lowest BCUT2D eigenvalue weighted by atomic mass is 10.5. The molecule has 0 aromatic carbocycles. The Bertz CT molecular complexity index is 214. The third kappa shape index (κ3) is 1.34. The average Bonchev–Trinajstić information content (AvgIpc) is 1.94. The summed E-state index contributed by atoms with van der Waals surface area (Å²) in [7, 11) is 0. The van der Waals surface area contributed by atoms with Gasteiger partial charge in [-0.2, -0.15) is 0 Å². The second-order valence-electron chi connectivity index (χ2n) is 1.72. The molecule has 1 aromatic heterocycles. The molecule has 0 saturated heterocycles. The molecule has 0 spiro atoms. The van der Waals surface area contributed by atoms with Crippen LogP contribution < -0.4 is 10.5 Å². The monoisotopic (exact) mass is 139 g/mol. The van der Waals surface area contributed by atoms with Gasteiger partial charge in [0, 0.05) is 0 Å². The third-order valence-corrected chi connectivity index (χ3v) is 0.983. The normalized spacial score (nSPS) is 9.30. The Morgan fingerprint density at radius 3 is 3.10 bits per heavy atom. The van der Waals surface area contributed by atoms with Gasteiger partial charge in [-0.25, -0.2) is 9.97 Å². The molecule has 0 aliphatic heterocycles. The third-order valence-electron chi connectivity index (χ3n) is 0.983. The van der Waals surface area contributed by atoms with E-state index in [0.717, 1.165) is 0 Å². The van der Waals surface area contributed by atoms with Crippen LogP contribution >= 0.6 is 0 Å². The molecule has 4 heteroatoms. The lowest BCUT2D eigenvalue weighted by Crippen LogP contribution is -1.99. The number of anilines is 1. The van der Waals surface area contributed by atoms with Crippen LogP contribution in [0.15, 0.2) is 12.5 Å². The quantitative estimate of drug-likeness (QED) is 0.646. The first kappa shape index (κ1) is 6.80. The van der Waals surface area contributed by atoms with Crippen LogP contribution in [0.3, 0.4) is 0 Å². The number of ether oxygens (including phenoxy) is 1.